The summed E-state index contributed by atoms with van der Waals surface area (Å²) in [6.45, 7) is 0. The minimum Gasteiger partial charge on any atom is -0.346 e. The first kappa shape index (κ1) is 24.4. The van der Waals surface area contributed by atoms with Crippen LogP contribution in [0.1, 0.15) is 87.8 Å². The summed E-state index contributed by atoms with van der Waals surface area (Å²) < 4.78 is 40.7. The number of hydrogen-bond acceptors (Lipinski definition) is 3. The van der Waals surface area contributed by atoms with Crippen LogP contribution >= 0.6 is 0 Å². The van der Waals surface area contributed by atoms with E-state index in [2.05, 4.69) is 21.0 Å². The van der Waals surface area contributed by atoms with Gasteiger partial charge in [-0.15, -0.1) is 0 Å². The second-order valence-corrected chi connectivity index (χ2v) is 9.53. The van der Waals surface area contributed by atoms with Crippen LogP contribution in [0.3, 0.4) is 0 Å². The zero-order valence-corrected chi connectivity index (χ0v) is 19.5. The van der Waals surface area contributed by atoms with E-state index in [9.17, 15) is 18.0 Å². The predicted molar refractivity (Wildman–Crippen MR) is 126 cm³/mol. The maximum Gasteiger partial charge on any atom is 0.164 e. The topological polar surface area (TPSA) is 58.6 Å². The molecule has 0 saturated heterocycles. The molecule has 1 aliphatic rings. The van der Waals surface area contributed by atoms with Gasteiger partial charge < -0.3 is 4.98 Å². The Morgan fingerprint density at radius 1 is 0.941 bits per heavy atom. The van der Waals surface area contributed by atoms with Crippen molar-refractivity contribution in [1.29, 1.82) is 0 Å². The molecule has 0 radical (unpaired) electrons. The number of hydrogen-bond donors (Lipinski definition) is 1. The molecule has 1 N–H and O–H groups in total. The lowest BCUT2D eigenvalue weighted by Gasteiger charge is -2.24. The summed E-state index contributed by atoms with van der Waals surface area (Å²) in [5, 5.41) is 1.13. The van der Waals surface area contributed by atoms with Gasteiger partial charge in [0, 0.05) is 35.9 Å². The summed E-state index contributed by atoms with van der Waals surface area (Å²) in [6.07, 6.45) is 13.5. The van der Waals surface area contributed by atoms with Crippen molar-refractivity contribution < 1.29 is 18.0 Å². The van der Waals surface area contributed by atoms with Crippen molar-refractivity contribution in [2.45, 2.75) is 83.0 Å². The number of aromatic amines is 1. The second-order valence-electron chi connectivity index (χ2n) is 9.53. The number of H-pyrrole nitrogens is 1. The van der Waals surface area contributed by atoms with Crippen LogP contribution in [-0.4, -0.2) is 20.7 Å². The standard InChI is InChI=1S/C27H32F3N3O/c28-23-13-14-24(29)25(30)21(23)12-4-11-20(34)10-3-7-18-5-1-8-19(9-2-6-18)26-22-15-16-31-27(22)33-17-32-26/h13-19H,1-12H2,(H,31,32,33). The lowest BCUT2D eigenvalue weighted by molar-refractivity contribution is -0.119. The van der Waals surface area contributed by atoms with E-state index < -0.39 is 17.5 Å². The van der Waals surface area contributed by atoms with Crippen LogP contribution < -0.4 is 0 Å². The highest BCUT2D eigenvalue weighted by Crippen LogP contribution is 2.35. The first-order valence-corrected chi connectivity index (χ1v) is 12.4. The van der Waals surface area contributed by atoms with Crippen LogP contribution in [0.4, 0.5) is 13.2 Å². The average molecular weight is 472 g/mol. The monoisotopic (exact) mass is 471 g/mol. The Morgan fingerprint density at radius 3 is 2.47 bits per heavy atom. The van der Waals surface area contributed by atoms with Crippen LogP contribution in [0, 0.1) is 23.4 Å². The molecule has 7 heteroatoms. The fraction of sp³-hybridized carbons (Fsp3) is 0.519. The molecule has 1 aliphatic carbocycles. The largest absolute Gasteiger partial charge is 0.346 e. The van der Waals surface area contributed by atoms with E-state index in [4.69, 9.17) is 0 Å². The van der Waals surface area contributed by atoms with E-state index in [0.717, 1.165) is 67.4 Å². The van der Waals surface area contributed by atoms with Crippen LogP contribution in [0.2, 0.25) is 0 Å². The molecule has 2 heterocycles. The summed E-state index contributed by atoms with van der Waals surface area (Å²) in [4.78, 5) is 24.3. The highest BCUT2D eigenvalue weighted by atomic mass is 19.2. The van der Waals surface area contributed by atoms with Crippen LogP contribution in [-0.2, 0) is 11.2 Å². The number of rotatable bonds is 9. The molecule has 0 unspecified atom stereocenters. The summed E-state index contributed by atoms with van der Waals surface area (Å²) in [5.74, 6) is -1.73. The minimum absolute atomic E-state index is 0.0341. The third-order valence-corrected chi connectivity index (χ3v) is 7.19. The molecular weight excluding hydrogens is 439 g/mol. The number of halogens is 3. The number of benzene rings is 1. The maximum atomic E-state index is 13.7. The Labute approximate surface area is 198 Å². The van der Waals surface area contributed by atoms with Crippen molar-refractivity contribution in [3.63, 3.8) is 0 Å². The third kappa shape index (κ3) is 6.05. The summed E-state index contributed by atoms with van der Waals surface area (Å²) in [6, 6.07) is 3.78. The lowest BCUT2D eigenvalue weighted by Crippen LogP contribution is -2.11. The number of carbonyl (C=O) groups excluding carboxylic acids is 1. The molecule has 0 spiro atoms. The zero-order chi connectivity index (χ0) is 23.9. The van der Waals surface area contributed by atoms with E-state index >= 15 is 0 Å². The number of aromatic nitrogens is 3. The molecule has 2 aromatic heterocycles. The molecular formula is C27H32F3N3O. The van der Waals surface area contributed by atoms with E-state index in [1.807, 2.05) is 6.20 Å². The van der Waals surface area contributed by atoms with Crippen molar-refractivity contribution in [3.8, 4) is 0 Å². The Kier molecular flexibility index (Phi) is 8.35. The Morgan fingerprint density at radius 2 is 1.68 bits per heavy atom. The molecule has 3 aromatic rings. The minimum atomic E-state index is -1.14. The Hall–Kier alpha value is -2.70. The zero-order valence-electron chi connectivity index (χ0n) is 19.5. The summed E-state index contributed by atoms with van der Waals surface area (Å²) in [5.41, 5.74) is 1.80. The fourth-order valence-electron chi connectivity index (χ4n) is 5.35. The van der Waals surface area contributed by atoms with Crippen LogP contribution in [0.15, 0.2) is 30.7 Å². The van der Waals surface area contributed by atoms with Gasteiger partial charge in [-0.1, -0.05) is 32.1 Å². The number of nitrogens with zero attached hydrogens (tertiary/aromatic N) is 2. The first-order valence-electron chi connectivity index (χ1n) is 12.4. The summed E-state index contributed by atoms with van der Waals surface area (Å²) in [7, 11) is 0. The van der Waals surface area contributed by atoms with Crippen molar-refractivity contribution >= 4 is 16.8 Å². The number of fused-ring (bicyclic) bond motifs is 1. The molecule has 182 valence electrons. The summed E-state index contributed by atoms with van der Waals surface area (Å²) >= 11 is 0. The lowest BCUT2D eigenvalue weighted by atomic mass is 9.82. The fourth-order valence-corrected chi connectivity index (χ4v) is 5.35. The van der Waals surface area contributed by atoms with Gasteiger partial charge in [-0.2, -0.15) is 0 Å². The molecule has 1 fully saturated rings. The van der Waals surface area contributed by atoms with E-state index in [0.29, 0.717) is 24.7 Å². The van der Waals surface area contributed by atoms with Gasteiger partial charge in [-0.25, -0.2) is 23.1 Å². The highest BCUT2D eigenvalue weighted by molar-refractivity contribution is 5.78. The quantitative estimate of drug-likeness (QED) is 0.336. The second kappa shape index (κ2) is 11.6. The van der Waals surface area contributed by atoms with Gasteiger partial charge in [0.1, 0.15) is 23.6 Å². The first-order chi connectivity index (χ1) is 16.5. The van der Waals surface area contributed by atoms with E-state index in [1.165, 1.54) is 12.8 Å². The van der Waals surface area contributed by atoms with Gasteiger partial charge in [0.2, 0.25) is 0 Å². The highest BCUT2D eigenvalue weighted by Gasteiger charge is 2.21. The van der Waals surface area contributed by atoms with Gasteiger partial charge in [-0.3, -0.25) is 4.79 Å². The van der Waals surface area contributed by atoms with Crippen molar-refractivity contribution in [3.05, 3.63) is 59.4 Å². The molecule has 0 amide bonds. The Balaban J connectivity index is 1.16. The SMILES string of the molecule is O=C(CCCc1c(F)ccc(F)c1F)CCCC1CCCC(c2ncnc3[nH]ccc23)CCC1. The number of Topliss-reactive ketones (excluding diaryl/α,β-unsaturated/α-hetero) is 1. The van der Waals surface area contributed by atoms with Crippen molar-refractivity contribution in [1.82, 2.24) is 15.0 Å². The van der Waals surface area contributed by atoms with E-state index in [-0.39, 0.29) is 24.2 Å². The third-order valence-electron chi connectivity index (χ3n) is 7.19. The maximum absolute atomic E-state index is 13.7. The smallest absolute Gasteiger partial charge is 0.164 e. The molecule has 34 heavy (non-hydrogen) atoms. The molecule has 4 nitrogen and oxygen atoms in total. The van der Waals surface area contributed by atoms with Gasteiger partial charge in [0.05, 0.1) is 5.69 Å². The van der Waals surface area contributed by atoms with Crippen LogP contribution in [0.25, 0.3) is 11.0 Å². The average Bonchev–Trinajstić information content (AvgIpc) is 3.29. The number of carbonyl (C=O) groups is 1. The molecule has 4 rings (SSSR count). The molecule has 0 aliphatic heterocycles. The van der Waals surface area contributed by atoms with Crippen molar-refractivity contribution in [2.24, 2.45) is 5.92 Å². The molecule has 1 saturated carbocycles. The van der Waals surface area contributed by atoms with Gasteiger partial charge in [-0.05, 0) is 56.2 Å². The van der Waals surface area contributed by atoms with Crippen LogP contribution in [0.5, 0.6) is 0 Å². The van der Waals surface area contributed by atoms with Gasteiger partial charge in [0.15, 0.2) is 11.6 Å². The number of ketones is 1. The molecule has 0 bridgehead atoms. The Bertz CT molecular complexity index is 1100. The number of nitrogens with one attached hydrogen (secondary N) is 1. The van der Waals surface area contributed by atoms with E-state index in [1.54, 1.807) is 6.33 Å². The van der Waals surface area contributed by atoms with Gasteiger partial charge >= 0.3 is 0 Å². The molecule has 1 aromatic carbocycles. The molecule has 0 atom stereocenters. The van der Waals surface area contributed by atoms with Gasteiger partial charge in [0.25, 0.3) is 0 Å². The predicted octanol–water partition coefficient (Wildman–Crippen LogP) is 7.19. The van der Waals surface area contributed by atoms with Crippen molar-refractivity contribution in [2.75, 3.05) is 0 Å². The normalized spacial score (nSPS) is 19.1.